The van der Waals surface area contributed by atoms with Gasteiger partial charge in [0.1, 0.15) is 11.4 Å². The number of methoxy groups -OCH3 is 1. The van der Waals surface area contributed by atoms with Gasteiger partial charge in [-0.1, -0.05) is 40.5 Å². The van der Waals surface area contributed by atoms with E-state index in [0.717, 1.165) is 23.4 Å². The Morgan fingerprint density at radius 3 is 2.69 bits per heavy atom. The van der Waals surface area contributed by atoms with Crippen LogP contribution < -0.4 is 10.5 Å². The molecule has 0 fully saturated rings. The molecule has 32 heavy (non-hydrogen) atoms. The number of nitrogens with zero attached hydrogens (tertiary/aromatic N) is 2. The molecule has 6 nitrogen and oxygen atoms in total. The molecule has 2 N–H and O–H groups in total. The second kappa shape index (κ2) is 9.10. The topological polar surface area (TPSA) is 83.3 Å². The quantitative estimate of drug-likeness (QED) is 0.372. The van der Waals surface area contributed by atoms with Gasteiger partial charge >= 0.3 is 0 Å². The molecule has 2 aromatic carbocycles. The van der Waals surface area contributed by atoms with Gasteiger partial charge in [-0.2, -0.15) is 0 Å². The maximum absolute atomic E-state index is 12.0. The number of benzene rings is 2. The zero-order valence-corrected chi connectivity index (χ0v) is 19.1. The van der Waals surface area contributed by atoms with Crippen LogP contribution in [0.1, 0.15) is 21.6 Å². The first-order chi connectivity index (χ1) is 15.4. The van der Waals surface area contributed by atoms with E-state index in [1.54, 1.807) is 37.4 Å². The largest absolute Gasteiger partial charge is 0.497 e. The van der Waals surface area contributed by atoms with Gasteiger partial charge in [-0.15, -0.1) is 0 Å². The van der Waals surface area contributed by atoms with Crippen molar-refractivity contribution in [2.75, 3.05) is 7.11 Å². The van der Waals surface area contributed by atoms with Crippen LogP contribution in [0.25, 0.3) is 22.7 Å². The number of halogens is 2. The number of carbonyl (C=O) groups is 1. The number of primary amides is 1. The van der Waals surface area contributed by atoms with E-state index in [1.807, 2.05) is 35.8 Å². The van der Waals surface area contributed by atoms with Gasteiger partial charge in [-0.25, -0.2) is 0 Å². The van der Waals surface area contributed by atoms with Crippen molar-refractivity contribution in [2.45, 2.75) is 19.9 Å². The Labute approximate surface area is 195 Å². The molecule has 0 aliphatic carbocycles. The standard InChI is InChI=1S/C24H21Cl2N3O3/c1-14-19(24(27)30)12-22(29(14)9-8-15-4-3-5-17(10-15)31-2)23-13-21(28-32-23)18-7-6-16(25)11-20(18)26/h3-7,10-13H,8-9H2,1-2H3,(H2,27,30). The minimum atomic E-state index is -0.496. The van der Waals surface area contributed by atoms with Gasteiger partial charge in [0, 0.05) is 28.9 Å². The van der Waals surface area contributed by atoms with Crippen molar-refractivity contribution in [3.05, 3.63) is 81.5 Å². The molecule has 0 radical (unpaired) electrons. The maximum Gasteiger partial charge on any atom is 0.250 e. The maximum atomic E-state index is 12.0. The first kappa shape index (κ1) is 22.0. The molecule has 8 heteroatoms. The Morgan fingerprint density at radius 2 is 1.97 bits per heavy atom. The van der Waals surface area contributed by atoms with Gasteiger partial charge in [-0.3, -0.25) is 4.79 Å². The smallest absolute Gasteiger partial charge is 0.250 e. The zero-order chi connectivity index (χ0) is 22.8. The van der Waals surface area contributed by atoms with Gasteiger partial charge < -0.3 is 19.6 Å². The predicted octanol–water partition coefficient (Wildman–Crippen LogP) is 5.78. The van der Waals surface area contributed by atoms with E-state index in [9.17, 15) is 4.79 Å². The fourth-order valence-corrected chi connectivity index (χ4v) is 4.18. The van der Waals surface area contributed by atoms with Crippen molar-refractivity contribution in [1.82, 2.24) is 9.72 Å². The van der Waals surface area contributed by atoms with Gasteiger partial charge in [0.2, 0.25) is 0 Å². The minimum Gasteiger partial charge on any atom is -0.497 e. The lowest BCUT2D eigenvalue weighted by molar-refractivity contribution is 0.0999. The van der Waals surface area contributed by atoms with E-state index >= 15 is 0 Å². The third-order valence-electron chi connectivity index (χ3n) is 5.36. The molecule has 0 atom stereocenters. The lowest BCUT2D eigenvalue weighted by Crippen LogP contribution is -2.13. The molecule has 4 rings (SSSR count). The van der Waals surface area contributed by atoms with Crippen molar-refractivity contribution < 1.29 is 14.1 Å². The summed E-state index contributed by atoms with van der Waals surface area (Å²) in [5, 5.41) is 5.18. The van der Waals surface area contributed by atoms with Crippen molar-refractivity contribution in [3.63, 3.8) is 0 Å². The number of carbonyl (C=O) groups excluding carboxylic acids is 1. The van der Waals surface area contributed by atoms with Crippen molar-refractivity contribution in [1.29, 1.82) is 0 Å². The van der Waals surface area contributed by atoms with E-state index in [4.69, 9.17) is 38.2 Å². The molecule has 164 valence electrons. The molecule has 0 aliphatic rings. The van der Waals surface area contributed by atoms with Crippen LogP contribution in [0, 0.1) is 6.92 Å². The first-order valence-electron chi connectivity index (χ1n) is 9.92. The van der Waals surface area contributed by atoms with E-state index < -0.39 is 5.91 Å². The van der Waals surface area contributed by atoms with E-state index in [2.05, 4.69) is 5.16 Å². The number of ether oxygens (including phenoxy) is 1. The summed E-state index contributed by atoms with van der Waals surface area (Å²) < 4.78 is 13.0. The number of aromatic nitrogens is 2. The van der Waals surface area contributed by atoms with Crippen molar-refractivity contribution in [3.8, 4) is 28.5 Å². The van der Waals surface area contributed by atoms with Crippen LogP contribution in [0.5, 0.6) is 5.75 Å². The average molecular weight is 470 g/mol. The predicted molar refractivity (Wildman–Crippen MR) is 125 cm³/mol. The summed E-state index contributed by atoms with van der Waals surface area (Å²) in [6.07, 6.45) is 0.724. The van der Waals surface area contributed by atoms with Gasteiger partial charge in [-0.05, 0) is 55.3 Å². The van der Waals surface area contributed by atoms with Crippen LogP contribution in [0.2, 0.25) is 10.0 Å². The highest BCUT2D eigenvalue weighted by atomic mass is 35.5. The first-order valence-corrected chi connectivity index (χ1v) is 10.7. The Morgan fingerprint density at radius 1 is 1.16 bits per heavy atom. The molecule has 0 unspecified atom stereocenters. The number of hydrogen-bond donors (Lipinski definition) is 1. The summed E-state index contributed by atoms with van der Waals surface area (Å²) in [6, 6.07) is 16.6. The minimum absolute atomic E-state index is 0.438. The Kier molecular flexibility index (Phi) is 6.26. The summed E-state index contributed by atoms with van der Waals surface area (Å²) in [4.78, 5) is 12.0. The lowest BCUT2D eigenvalue weighted by atomic mass is 10.1. The number of amides is 1. The van der Waals surface area contributed by atoms with Gasteiger partial charge in [0.05, 0.1) is 23.4 Å². The number of rotatable bonds is 7. The molecule has 0 spiro atoms. The van der Waals surface area contributed by atoms with E-state index in [0.29, 0.717) is 44.9 Å². The molecular weight excluding hydrogens is 449 g/mol. The van der Waals surface area contributed by atoms with Crippen LogP contribution >= 0.6 is 23.2 Å². The van der Waals surface area contributed by atoms with Gasteiger partial charge in [0.25, 0.3) is 5.91 Å². The summed E-state index contributed by atoms with van der Waals surface area (Å²) in [5.41, 5.74) is 9.89. The van der Waals surface area contributed by atoms with E-state index in [1.165, 1.54) is 0 Å². The molecule has 0 saturated heterocycles. The monoisotopic (exact) mass is 469 g/mol. The van der Waals surface area contributed by atoms with Crippen LogP contribution in [-0.2, 0) is 13.0 Å². The highest BCUT2D eigenvalue weighted by Gasteiger charge is 2.20. The second-order valence-corrected chi connectivity index (χ2v) is 8.19. The molecule has 0 saturated carbocycles. The fourth-order valence-electron chi connectivity index (χ4n) is 3.68. The average Bonchev–Trinajstić information content (AvgIpc) is 3.37. The number of aryl methyl sites for hydroxylation is 1. The Hall–Kier alpha value is -3.22. The zero-order valence-electron chi connectivity index (χ0n) is 17.6. The fraction of sp³-hybridized carbons (Fsp3) is 0.167. The molecule has 0 aliphatic heterocycles. The molecule has 2 heterocycles. The second-order valence-electron chi connectivity index (χ2n) is 7.35. The third kappa shape index (κ3) is 4.38. The Balaban J connectivity index is 1.70. The van der Waals surface area contributed by atoms with Crippen LogP contribution in [0.15, 0.2) is 59.1 Å². The summed E-state index contributed by atoms with van der Waals surface area (Å²) >= 11 is 12.3. The van der Waals surface area contributed by atoms with Crippen LogP contribution in [0.4, 0.5) is 0 Å². The third-order valence-corrected chi connectivity index (χ3v) is 5.91. The van der Waals surface area contributed by atoms with Crippen molar-refractivity contribution >= 4 is 29.1 Å². The van der Waals surface area contributed by atoms with Gasteiger partial charge in [0.15, 0.2) is 5.76 Å². The SMILES string of the molecule is COc1cccc(CCn2c(-c3cc(-c4ccc(Cl)cc4Cl)no3)cc(C(N)=O)c2C)c1. The molecule has 0 bridgehead atoms. The molecule has 2 aromatic heterocycles. The molecule has 4 aromatic rings. The number of nitrogens with two attached hydrogens (primary N) is 1. The van der Waals surface area contributed by atoms with E-state index in [-0.39, 0.29) is 0 Å². The van der Waals surface area contributed by atoms with Crippen LogP contribution in [0.3, 0.4) is 0 Å². The summed E-state index contributed by atoms with van der Waals surface area (Å²) in [7, 11) is 1.64. The van der Waals surface area contributed by atoms with Crippen molar-refractivity contribution in [2.24, 2.45) is 5.73 Å². The Bertz CT molecular complexity index is 1290. The molecular formula is C24H21Cl2N3O3. The summed E-state index contributed by atoms with van der Waals surface area (Å²) in [6.45, 7) is 2.47. The highest BCUT2D eigenvalue weighted by molar-refractivity contribution is 6.36. The normalized spacial score (nSPS) is 11.0. The van der Waals surface area contributed by atoms with Crippen LogP contribution in [-0.4, -0.2) is 22.7 Å². The number of hydrogen-bond acceptors (Lipinski definition) is 4. The lowest BCUT2D eigenvalue weighted by Gasteiger charge is -2.11. The highest BCUT2D eigenvalue weighted by Crippen LogP contribution is 2.34. The molecule has 1 amide bonds. The summed E-state index contributed by atoms with van der Waals surface area (Å²) in [5.74, 6) is 0.807.